The molecule has 0 aliphatic carbocycles. The van der Waals surface area contributed by atoms with Gasteiger partial charge < -0.3 is 10.2 Å². The molecule has 2 aromatic rings. The van der Waals surface area contributed by atoms with Crippen molar-refractivity contribution in [1.29, 1.82) is 0 Å². The maximum atomic E-state index is 12.8. The largest absolute Gasteiger partial charge is 0.416 e. The van der Waals surface area contributed by atoms with Gasteiger partial charge in [0.25, 0.3) is 5.91 Å². The van der Waals surface area contributed by atoms with Gasteiger partial charge in [0.15, 0.2) is 0 Å². The van der Waals surface area contributed by atoms with Gasteiger partial charge >= 0.3 is 6.18 Å². The molecule has 0 saturated carbocycles. The first-order chi connectivity index (χ1) is 13.3. The van der Waals surface area contributed by atoms with Crippen LogP contribution in [-0.2, 0) is 17.4 Å². The van der Waals surface area contributed by atoms with Crippen LogP contribution in [0.1, 0.15) is 39.9 Å². The SMILES string of the molecule is Cc1cccc(C(=O)N2CCCC2)c1NC(=O)Cc1ccc(C(F)(F)F)cc1. The molecular formula is C21H21F3N2O2. The summed E-state index contributed by atoms with van der Waals surface area (Å²) in [5.41, 5.74) is 1.35. The summed E-state index contributed by atoms with van der Waals surface area (Å²) in [7, 11) is 0. The Kier molecular flexibility index (Phi) is 5.72. The quantitative estimate of drug-likeness (QED) is 0.840. The molecule has 4 nitrogen and oxygen atoms in total. The van der Waals surface area contributed by atoms with Gasteiger partial charge in [0.2, 0.25) is 5.91 Å². The summed E-state index contributed by atoms with van der Waals surface area (Å²) in [6.45, 7) is 3.20. The molecule has 2 amide bonds. The maximum absolute atomic E-state index is 12.8. The summed E-state index contributed by atoms with van der Waals surface area (Å²) >= 11 is 0. The van der Waals surface area contributed by atoms with Gasteiger partial charge in [-0.1, -0.05) is 24.3 Å². The normalized spacial score (nSPS) is 14.2. The second-order valence-electron chi connectivity index (χ2n) is 6.92. The monoisotopic (exact) mass is 390 g/mol. The number of aryl methyl sites for hydroxylation is 1. The average Bonchev–Trinajstić information content (AvgIpc) is 3.17. The Labute approximate surface area is 161 Å². The first kappa shape index (κ1) is 19.9. The van der Waals surface area contributed by atoms with Crippen LogP contribution in [-0.4, -0.2) is 29.8 Å². The molecule has 7 heteroatoms. The van der Waals surface area contributed by atoms with Crippen molar-refractivity contribution in [3.05, 3.63) is 64.7 Å². The first-order valence-corrected chi connectivity index (χ1v) is 9.10. The van der Waals surface area contributed by atoms with E-state index in [0.29, 0.717) is 29.9 Å². The summed E-state index contributed by atoms with van der Waals surface area (Å²) in [6, 6.07) is 9.74. The molecule has 28 heavy (non-hydrogen) atoms. The molecular weight excluding hydrogens is 369 g/mol. The lowest BCUT2D eigenvalue weighted by Crippen LogP contribution is -2.29. The topological polar surface area (TPSA) is 49.4 Å². The molecule has 1 heterocycles. The fourth-order valence-corrected chi connectivity index (χ4v) is 3.28. The van der Waals surface area contributed by atoms with Crippen molar-refractivity contribution in [3.63, 3.8) is 0 Å². The number of benzene rings is 2. The van der Waals surface area contributed by atoms with Crippen LogP contribution >= 0.6 is 0 Å². The number of hydrogen-bond acceptors (Lipinski definition) is 2. The predicted octanol–water partition coefficient (Wildman–Crippen LogP) is 4.43. The van der Waals surface area contributed by atoms with Crippen LogP contribution in [0.5, 0.6) is 0 Å². The van der Waals surface area contributed by atoms with Crippen molar-refractivity contribution in [2.24, 2.45) is 0 Å². The summed E-state index contributed by atoms with van der Waals surface area (Å²) < 4.78 is 37.9. The first-order valence-electron chi connectivity index (χ1n) is 9.10. The van der Waals surface area contributed by atoms with E-state index < -0.39 is 11.7 Å². The molecule has 1 saturated heterocycles. The molecule has 2 aromatic carbocycles. The third kappa shape index (κ3) is 4.52. The van der Waals surface area contributed by atoms with Crippen LogP contribution in [0.2, 0.25) is 0 Å². The number of amides is 2. The van der Waals surface area contributed by atoms with Gasteiger partial charge in [0.1, 0.15) is 0 Å². The Hall–Kier alpha value is -2.83. The summed E-state index contributed by atoms with van der Waals surface area (Å²) in [6.07, 6.45) is -2.56. The van der Waals surface area contributed by atoms with Gasteiger partial charge in [-0.05, 0) is 49.1 Å². The van der Waals surface area contributed by atoms with Crippen molar-refractivity contribution >= 4 is 17.5 Å². The highest BCUT2D eigenvalue weighted by molar-refractivity contribution is 6.05. The second-order valence-corrected chi connectivity index (χ2v) is 6.92. The van der Waals surface area contributed by atoms with E-state index in [0.717, 1.165) is 30.5 Å². The number of para-hydroxylation sites is 1. The van der Waals surface area contributed by atoms with Crippen molar-refractivity contribution < 1.29 is 22.8 Å². The van der Waals surface area contributed by atoms with Crippen molar-refractivity contribution in [3.8, 4) is 0 Å². The molecule has 0 atom stereocenters. The van der Waals surface area contributed by atoms with Crippen molar-refractivity contribution in [1.82, 2.24) is 4.90 Å². The Balaban J connectivity index is 1.74. The summed E-state index contributed by atoms with van der Waals surface area (Å²) in [4.78, 5) is 27.0. The highest BCUT2D eigenvalue weighted by Crippen LogP contribution is 2.29. The average molecular weight is 390 g/mol. The molecule has 1 aliphatic heterocycles. The van der Waals surface area contributed by atoms with Crippen molar-refractivity contribution in [2.45, 2.75) is 32.4 Å². The third-order valence-corrected chi connectivity index (χ3v) is 4.81. The van der Waals surface area contributed by atoms with Crippen LogP contribution < -0.4 is 5.32 Å². The van der Waals surface area contributed by atoms with Gasteiger partial charge in [-0.3, -0.25) is 9.59 Å². The van der Waals surface area contributed by atoms with E-state index in [2.05, 4.69) is 5.32 Å². The molecule has 0 radical (unpaired) electrons. The lowest BCUT2D eigenvalue weighted by atomic mass is 10.1. The van der Waals surface area contributed by atoms with E-state index in [1.165, 1.54) is 12.1 Å². The molecule has 0 unspecified atom stereocenters. The number of anilines is 1. The number of rotatable bonds is 4. The number of nitrogens with one attached hydrogen (secondary N) is 1. The number of nitrogens with zero attached hydrogens (tertiary/aromatic N) is 1. The van der Waals surface area contributed by atoms with E-state index in [-0.39, 0.29) is 18.2 Å². The number of halogens is 3. The Morgan fingerprint density at radius 2 is 1.68 bits per heavy atom. The second kappa shape index (κ2) is 8.04. The lowest BCUT2D eigenvalue weighted by molar-refractivity contribution is -0.137. The highest BCUT2D eigenvalue weighted by atomic mass is 19.4. The summed E-state index contributed by atoms with van der Waals surface area (Å²) in [5, 5.41) is 2.77. The lowest BCUT2D eigenvalue weighted by Gasteiger charge is -2.19. The van der Waals surface area contributed by atoms with Crippen LogP contribution in [0.25, 0.3) is 0 Å². The van der Waals surface area contributed by atoms with Crippen LogP contribution in [0.3, 0.4) is 0 Å². The van der Waals surface area contributed by atoms with Crippen LogP contribution in [0, 0.1) is 6.92 Å². The van der Waals surface area contributed by atoms with Gasteiger partial charge in [-0.15, -0.1) is 0 Å². The van der Waals surface area contributed by atoms with Gasteiger partial charge in [0, 0.05) is 13.1 Å². The zero-order valence-corrected chi connectivity index (χ0v) is 15.5. The van der Waals surface area contributed by atoms with Crippen LogP contribution in [0.15, 0.2) is 42.5 Å². The number of alkyl halides is 3. The fraction of sp³-hybridized carbons (Fsp3) is 0.333. The maximum Gasteiger partial charge on any atom is 0.416 e. The number of likely N-dealkylation sites (tertiary alicyclic amines) is 1. The molecule has 3 rings (SSSR count). The Morgan fingerprint density at radius 3 is 2.29 bits per heavy atom. The molecule has 0 bridgehead atoms. The highest BCUT2D eigenvalue weighted by Gasteiger charge is 2.30. The van der Waals surface area contributed by atoms with Crippen molar-refractivity contribution in [2.75, 3.05) is 18.4 Å². The Bertz CT molecular complexity index is 870. The van der Waals surface area contributed by atoms with E-state index in [9.17, 15) is 22.8 Å². The van der Waals surface area contributed by atoms with E-state index in [1.807, 2.05) is 0 Å². The fourth-order valence-electron chi connectivity index (χ4n) is 3.28. The van der Waals surface area contributed by atoms with E-state index in [1.54, 1.807) is 30.0 Å². The molecule has 0 spiro atoms. The minimum atomic E-state index is -4.41. The van der Waals surface area contributed by atoms with Gasteiger partial charge in [-0.2, -0.15) is 13.2 Å². The molecule has 1 N–H and O–H groups in total. The smallest absolute Gasteiger partial charge is 0.339 e. The van der Waals surface area contributed by atoms with Gasteiger partial charge in [-0.25, -0.2) is 0 Å². The third-order valence-electron chi connectivity index (χ3n) is 4.81. The molecule has 1 aliphatic rings. The number of carbonyl (C=O) groups is 2. The Morgan fingerprint density at radius 1 is 1.04 bits per heavy atom. The van der Waals surface area contributed by atoms with Crippen LogP contribution in [0.4, 0.5) is 18.9 Å². The molecule has 1 fully saturated rings. The number of hydrogen-bond donors (Lipinski definition) is 1. The zero-order chi connectivity index (χ0) is 20.3. The van der Waals surface area contributed by atoms with Gasteiger partial charge in [0.05, 0.1) is 23.2 Å². The van der Waals surface area contributed by atoms with E-state index in [4.69, 9.17) is 0 Å². The molecule has 148 valence electrons. The number of carbonyl (C=O) groups excluding carboxylic acids is 2. The minimum absolute atomic E-state index is 0.0795. The zero-order valence-electron chi connectivity index (χ0n) is 15.5. The standard InChI is InChI=1S/C21H21F3N2O2/c1-14-5-4-6-17(20(28)26-11-2-3-12-26)19(14)25-18(27)13-15-7-9-16(10-8-15)21(22,23)24/h4-10H,2-3,11-13H2,1H3,(H,25,27). The summed E-state index contributed by atoms with van der Waals surface area (Å²) in [5.74, 6) is -0.504. The minimum Gasteiger partial charge on any atom is -0.339 e. The molecule has 0 aromatic heterocycles. The van der Waals surface area contributed by atoms with E-state index >= 15 is 0 Å². The predicted molar refractivity (Wildman–Crippen MR) is 100 cm³/mol.